The number of fused-ring (bicyclic) bond motifs is 1. The number of benzene rings is 2. The summed E-state index contributed by atoms with van der Waals surface area (Å²) in [7, 11) is 1.80. The van der Waals surface area contributed by atoms with Gasteiger partial charge in [-0.15, -0.1) is 10.2 Å². The summed E-state index contributed by atoms with van der Waals surface area (Å²) in [5.41, 5.74) is 1.51. The molecule has 0 saturated heterocycles. The molecule has 2 aromatic carbocycles. The zero-order chi connectivity index (χ0) is 22.5. The molecule has 2 heterocycles. The Morgan fingerprint density at radius 2 is 1.91 bits per heavy atom. The van der Waals surface area contributed by atoms with Crippen LogP contribution in [-0.4, -0.2) is 39.1 Å². The number of nitrogens with zero attached hydrogens (tertiary/aromatic N) is 3. The Balaban J connectivity index is 1.27. The van der Waals surface area contributed by atoms with E-state index in [2.05, 4.69) is 20.8 Å². The quantitative estimate of drug-likeness (QED) is 0.505. The van der Waals surface area contributed by atoms with Gasteiger partial charge in [-0.1, -0.05) is 42.1 Å². The first kappa shape index (κ1) is 21.7. The molecule has 1 atom stereocenters. The van der Waals surface area contributed by atoms with E-state index in [1.54, 1.807) is 29.8 Å². The summed E-state index contributed by atoms with van der Waals surface area (Å²) in [4.78, 5) is 24.8. The average molecular weight is 454 g/mol. The van der Waals surface area contributed by atoms with E-state index in [-0.39, 0.29) is 36.9 Å². The number of carbonyl (C=O) groups excluding carboxylic acids is 2. The molecular weight excluding hydrogens is 430 g/mol. The molecule has 3 aromatic rings. The highest BCUT2D eigenvalue weighted by Gasteiger charge is 2.17. The van der Waals surface area contributed by atoms with E-state index in [0.717, 1.165) is 5.56 Å². The highest BCUT2D eigenvalue weighted by molar-refractivity contribution is 7.99. The molecule has 1 aliphatic rings. The number of thioether (sulfide) groups is 1. The van der Waals surface area contributed by atoms with Gasteiger partial charge >= 0.3 is 0 Å². The lowest BCUT2D eigenvalue weighted by Gasteiger charge is -2.14. The van der Waals surface area contributed by atoms with Gasteiger partial charge in [0, 0.05) is 12.6 Å². The number of hydrogen-bond acceptors (Lipinski definition) is 7. The maximum Gasteiger partial charge on any atom is 0.251 e. The SMILES string of the molecule is CC(NC(=O)CSc1nnc(CNC(=O)c2ccc3c(c2)OCO3)n1C)c1ccccc1. The van der Waals surface area contributed by atoms with E-state index in [9.17, 15) is 9.59 Å². The molecule has 1 unspecified atom stereocenters. The van der Waals surface area contributed by atoms with Crippen molar-refractivity contribution in [3.05, 3.63) is 65.5 Å². The molecule has 0 fully saturated rings. The van der Waals surface area contributed by atoms with E-state index in [1.165, 1.54) is 11.8 Å². The maximum atomic E-state index is 12.4. The first-order chi connectivity index (χ1) is 15.5. The number of aromatic nitrogens is 3. The number of carbonyl (C=O) groups is 2. The van der Waals surface area contributed by atoms with Gasteiger partial charge in [-0.3, -0.25) is 9.59 Å². The number of amides is 2. The van der Waals surface area contributed by atoms with Crippen molar-refractivity contribution in [2.45, 2.75) is 24.7 Å². The lowest BCUT2D eigenvalue weighted by atomic mass is 10.1. The van der Waals surface area contributed by atoms with Gasteiger partial charge in [-0.2, -0.15) is 0 Å². The van der Waals surface area contributed by atoms with Crippen molar-refractivity contribution >= 4 is 23.6 Å². The highest BCUT2D eigenvalue weighted by Crippen LogP contribution is 2.32. The Kier molecular flexibility index (Phi) is 6.60. The normalized spacial score (nSPS) is 12.9. The Bertz CT molecular complexity index is 1120. The molecule has 0 aliphatic carbocycles. The van der Waals surface area contributed by atoms with Gasteiger partial charge in [-0.25, -0.2) is 0 Å². The molecule has 1 aromatic heterocycles. The zero-order valence-corrected chi connectivity index (χ0v) is 18.5. The lowest BCUT2D eigenvalue weighted by molar-refractivity contribution is -0.119. The molecule has 0 saturated carbocycles. The number of rotatable bonds is 8. The van der Waals surface area contributed by atoms with Gasteiger partial charge in [0.15, 0.2) is 22.5 Å². The van der Waals surface area contributed by atoms with Crippen molar-refractivity contribution in [3.8, 4) is 11.5 Å². The van der Waals surface area contributed by atoms with Crippen molar-refractivity contribution in [2.75, 3.05) is 12.5 Å². The van der Waals surface area contributed by atoms with Crippen LogP contribution in [0.25, 0.3) is 0 Å². The molecule has 9 nitrogen and oxygen atoms in total. The van der Waals surface area contributed by atoms with E-state index in [1.807, 2.05) is 37.3 Å². The minimum absolute atomic E-state index is 0.0780. The van der Waals surface area contributed by atoms with Crippen LogP contribution < -0.4 is 20.1 Å². The lowest BCUT2D eigenvalue weighted by Crippen LogP contribution is -2.28. The summed E-state index contributed by atoms with van der Waals surface area (Å²) in [6, 6.07) is 14.7. The topological polar surface area (TPSA) is 107 Å². The third-order valence-corrected chi connectivity index (χ3v) is 6.00. The minimum atomic E-state index is -0.255. The van der Waals surface area contributed by atoms with Gasteiger partial charge in [0.2, 0.25) is 12.7 Å². The second-order valence-electron chi connectivity index (χ2n) is 7.20. The van der Waals surface area contributed by atoms with Crippen LogP contribution in [0.4, 0.5) is 0 Å². The van der Waals surface area contributed by atoms with Crippen LogP contribution in [0.15, 0.2) is 53.7 Å². The van der Waals surface area contributed by atoms with E-state index < -0.39 is 0 Å². The van der Waals surface area contributed by atoms with Crippen molar-refractivity contribution < 1.29 is 19.1 Å². The zero-order valence-electron chi connectivity index (χ0n) is 17.7. The maximum absolute atomic E-state index is 12.4. The Labute approximate surface area is 189 Å². The minimum Gasteiger partial charge on any atom is -0.454 e. The third kappa shape index (κ3) is 5.02. The van der Waals surface area contributed by atoms with Crippen LogP contribution in [0.1, 0.15) is 34.7 Å². The van der Waals surface area contributed by atoms with Crippen LogP contribution in [0.2, 0.25) is 0 Å². The Hall–Kier alpha value is -3.53. The van der Waals surface area contributed by atoms with Crippen LogP contribution in [0, 0.1) is 0 Å². The van der Waals surface area contributed by atoms with Crippen molar-refractivity contribution in [1.29, 1.82) is 0 Å². The summed E-state index contributed by atoms with van der Waals surface area (Å²) < 4.78 is 12.3. The molecule has 166 valence electrons. The standard InChI is InChI=1S/C22H23N5O4S/c1-14(15-6-4-3-5-7-15)24-20(28)12-32-22-26-25-19(27(22)2)11-23-21(29)16-8-9-17-18(10-16)31-13-30-17/h3-10,14H,11-13H2,1-2H3,(H,23,29)(H,24,28). The van der Waals surface area contributed by atoms with E-state index in [4.69, 9.17) is 9.47 Å². The van der Waals surface area contributed by atoms with E-state index in [0.29, 0.717) is 28.0 Å². The van der Waals surface area contributed by atoms with Crippen LogP contribution in [0.5, 0.6) is 11.5 Å². The third-order valence-electron chi connectivity index (χ3n) is 4.98. The summed E-state index contributed by atoms with van der Waals surface area (Å²) in [6.45, 7) is 2.30. The Morgan fingerprint density at radius 3 is 2.72 bits per heavy atom. The molecule has 32 heavy (non-hydrogen) atoms. The van der Waals surface area contributed by atoms with E-state index >= 15 is 0 Å². The van der Waals surface area contributed by atoms with Gasteiger partial charge < -0.3 is 24.7 Å². The summed E-state index contributed by atoms with van der Waals surface area (Å²) in [5.74, 6) is 1.63. The number of nitrogens with one attached hydrogen (secondary N) is 2. The fraction of sp³-hybridized carbons (Fsp3) is 0.273. The van der Waals surface area contributed by atoms with Crippen molar-refractivity contribution in [2.24, 2.45) is 7.05 Å². The van der Waals surface area contributed by atoms with Crippen LogP contribution in [-0.2, 0) is 18.4 Å². The highest BCUT2D eigenvalue weighted by atomic mass is 32.2. The smallest absolute Gasteiger partial charge is 0.251 e. The predicted molar refractivity (Wildman–Crippen MR) is 118 cm³/mol. The number of hydrogen-bond donors (Lipinski definition) is 2. The molecule has 1 aliphatic heterocycles. The van der Waals surface area contributed by atoms with Gasteiger partial charge in [0.1, 0.15) is 0 Å². The van der Waals surface area contributed by atoms with Gasteiger partial charge in [0.05, 0.1) is 18.3 Å². The first-order valence-electron chi connectivity index (χ1n) is 10.0. The molecule has 0 bridgehead atoms. The largest absolute Gasteiger partial charge is 0.454 e. The molecule has 0 spiro atoms. The van der Waals surface area contributed by atoms with Crippen molar-refractivity contribution in [1.82, 2.24) is 25.4 Å². The fourth-order valence-corrected chi connectivity index (χ4v) is 3.90. The summed E-state index contributed by atoms with van der Waals surface area (Å²) in [6.07, 6.45) is 0. The van der Waals surface area contributed by atoms with Crippen molar-refractivity contribution in [3.63, 3.8) is 0 Å². The summed E-state index contributed by atoms with van der Waals surface area (Å²) in [5, 5.41) is 14.7. The second-order valence-corrected chi connectivity index (χ2v) is 8.14. The predicted octanol–water partition coefficient (Wildman–Crippen LogP) is 2.44. The molecule has 4 rings (SSSR count). The second kappa shape index (κ2) is 9.73. The monoisotopic (exact) mass is 453 g/mol. The number of ether oxygens (including phenoxy) is 2. The van der Waals surface area contributed by atoms with Crippen LogP contribution >= 0.6 is 11.8 Å². The van der Waals surface area contributed by atoms with Gasteiger partial charge in [0.25, 0.3) is 5.91 Å². The average Bonchev–Trinajstić information content (AvgIpc) is 3.42. The molecule has 2 amide bonds. The molecule has 2 N–H and O–H groups in total. The first-order valence-corrected chi connectivity index (χ1v) is 11.0. The molecule has 10 heteroatoms. The fourth-order valence-electron chi connectivity index (χ4n) is 3.16. The van der Waals surface area contributed by atoms with Crippen LogP contribution in [0.3, 0.4) is 0 Å². The Morgan fingerprint density at radius 1 is 1.12 bits per heavy atom. The molecule has 0 radical (unpaired) electrons. The molecular formula is C22H23N5O4S. The summed E-state index contributed by atoms with van der Waals surface area (Å²) >= 11 is 1.29. The van der Waals surface area contributed by atoms with Gasteiger partial charge in [-0.05, 0) is 30.7 Å².